The van der Waals surface area contributed by atoms with Gasteiger partial charge in [-0.15, -0.1) is 0 Å². The molecule has 4 rings (SSSR count). The van der Waals surface area contributed by atoms with Gasteiger partial charge >= 0.3 is 0 Å². The maximum atomic E-state index is 15.3. The molecule has 0 heterocycles. The third-order valence-corrected chi connectivity index (χ3v) is 8.49. The fourth-order valence-electron chi connectivity index (χ4n) is 5.79. The van der Waals surface area contributed by atoms with Crippen molar-refractivity contribution in [2.75, 3.05) is 13.2 Å². The van der Waals surface area contributed by atoms with Crippen LogP contribution in [-0.2, 0) is 6.42 Å². The van der Waals surface area contributed by atoms with Gasteiger partial charge in [0.25, 0.3) is 0 Å². The minimum atomic E-state index is -1.26. The lowest BCUT2D eigenvalue weighted by Crippen LogP contribution is -2.16. The van der Waals surface area contributed by atoms with E-state index in [9.17, 15) is 13.2 Å². The third kappa shape index (κ3) is 7.27. The van der Waals surface area contributed by atoms with Crippen molar-refractivity contribution in [1.29, 1.82) is 0 Å². The number of benzene rings is 3. The molecule has 2 nitrogen and oxygen atoms in total. The Hall–Kier alpha value is -3.09. The molecule has 1 fully saturated rings. The molecule has 1 saturated carbocycles. The molecule has 0 radical (unpaired) electrons. The molecular weight excluding hydrogens is 547 g/mol. The van der Waals surface area contributed by atoms with E-state index in [1.54, 1.807) is 13.0 Å². The van der Waals surface area contributed by atoms with Crippen molar-refractivity contribution in [1.82, 2.24) is 0 Å². The molecule has 1 aliphatic rings. The molecule has 0 bridgehead atoms. The Labute approximate surface area is 246 Å². The van der Waals surface area contributed by atoms with Crippen molar-refractivity contribution < 1.29 is 31.4 Å². The zero-order chi connectivity index (χ0) is 30.2. The highest BCUT2D eigenvalue weighted by Gasteiger charge is 2.28. The summed E-state index contributed by atoms with van der Waals surface area (Å²) in [6, 6.07) is 8.94. The molecule has 1 aliphatic carbocycles. The molecule has 228 valence electrons. The van der Waals surface area contributed by atoms with Crippen LogP contribution in [0.15, 0.2) is 36.4 Å². The molecule has 0 aliphatic heterocycles. The van der Waals surface area contributed by atoms with Crippen LogP contribution in [-0.4, -0.2) is 13.2 Å². The summed E-state index contributed by atoms with van der Waals surface area (Å²) in [4.78, 5) is 0. The van der Waals surface area contributed by atoms with Crippen LogP contribution >= 0.6 is 0 Å². The molecule has 0 saturated heterocycles. The topological polar surface area (TPSA) is 18.5 Å². The molecule has 0 N–H and O–H groups in total. The molecule has 42 heavy (non-hydrogen) atoms. The molecule has 0 unspecified atom stereocenters. The number of aryl methyl sites for hydroxylation is 1. The molecule has 0 spiro atoms. The highest BCUT2D eigenvalue weighted by atomic mass is 19.2. The van der Waals surface area contributed by atoms with Gasteiger partial charge in [0.2, 0.25) is 5.82 Å². The average Bonchev–Trinajstić information content (AvgIpc) is 2.99. The Morgan fingerprint density at radius 1 is 0.643 bits per heavy atom. The smallest absolute Gasteiger partial charge is 0.201 e. The SMILES string of the molecule is CCCCOc1ccc(CCC2CCC(c3ccc(-c4ccc(OCCCC)c(F)c4F)c(F)c3F)CC2)c(F)c1C. The van der Waals surface area contributed by atoms with Gasteiger partial charge in [0.1, 0.15) is 11.6 Å². The van der Waals surface area contributed by atoms with Crippen LogP contribution in [0.1, 0.15) is 94.2 Å². The molecule has 0 atom stereocenters. The predicted octanol–water partition coefficient (Wildman–Crippen LogP) is 10.6. The zero-order valence-corrected chi connectivity index (χ0v) is 24.8. The number of hydrogen-bond donors (Lipinski definition) is 0. The summed E-state index contributed by atoms with van der Waals surface area (Å²) >= 11 is 0. The first-order valence-corrected chi connectivity index (χ1v) is 15.3. The number of ether oxygens (including phenoxy) is 2. The summed E-state index contributed by atoms with van der Waals surface area (Å²) in [7, 11) is 0. The first-order chi connectivity index (χ1) is 20.3. The monoisotopic (exact) mass is 588 g/mol. The van der Waals surface area contributed by atoms with Crippen LogP contribution in [0.2, 0.25) is 0 Å². The largest absolute Gasteiger partial charge is 0.493 e. The van der Waals surface area contributed by atoms with E-state index in [0.29, 0.717) is 55.1 Å². The van der Waals surface area contributed by atoms with Gasteiger partial charge in [0.05, 0.1) is 13.2 Å². The Bertz CT molecular complexity index is 1350. The lowest BCUT2D eigenvalue weighted by atomic mass is 9.76. The van der Waals surface area contributed by atoms with E-state index in [-0.39, 0.29) is 40.8 Å². The number of hydrogen-bond acceptors (Lipinski definition) is 2. The first-order valence-electron chi connectivity index (χ1n) is 15.3. The standard InChI is InChI=1S/C35H41F5O2/c1-4-6-20-41-29-18-14-25(31(36)22(29)3)13-10-23-8-11-24(12-9-23)26-15-16-27(33(38)32(26)37)28-17-19-30(35(40)34(28)39)42-21-7-5-2/h14-19,23-24H,4-13,20-21H2,1-3H3. The van der Waals surface area contributed by atoms with Crippen LogP contribution < -0.4 is 9.47 Å². The summed E-state index contributed by atoms with van der Waals surface area (Å²) in [6.07, 6.45) is 7.90. The van der Waals surface area contributed by atoms with E-state index < -0.39 is 23.3 Å². The summed E-state index contributed by atoms with van der Waals surface area (Å²) in [5, 5.41) is 0. The fourth-order valence-corrected chi connectivity index (χ4v) is 5.79. The van der Waals surface area contributed by atoms with Gasteiger partial charge in [-0.1, -0.05) is 44.9 Å². The normalized spacial score (nSPS) is 17.0. The van der Waals surface area contributed by atoms with E-state index in [4.69, 9.17) is 9.47 Å². The van der Waals surface area contributed by atoms with Crippen LogP contribution in [0.4, 0.5) is 22.0 Å². The quantitative estimate of drug-likeness (QED) is 0.146. The Kier molecular flexibility index (Phi) is 11.3. The first kappa shape index (κ1) is 31.8. The van der Waals surface area contributed by atoms with E-state index in [2.05, 4.69) is 6.92 Å². The Balaban J connectivity index is 1.37. The maximum absolute atomic E-state index is 15.3. The maximum Gasteiger partial charge on any atom is 0.201 e. The van der Waals surface area contributed by atoms with Crippen molar-refractivity contribution in [3.8, 4) is 22.6 Å². The van der Waals surface area contributed by atoms with E-state index >= 15 is 8.78 Å². The molecule has 0 amide bonds. The number of halogens is 5. The van der Waals surface area contributed by atoms with Crippen molar-refractivity contribution in [3.05, 3.63) is 82.2 Å². The molecule has 0 aromatic heterocycles. The fraction of sp³-hybridized carbons (Fsp3) is 0.486. The van der Waals surface area contributed by atoms with E-state index in [1.807, 2.05) is 13.0 Å². The highest BCUT2D eigenvalue weighted by molar-refractivity contribution is 5.66. The van der Waals surface area contributed by atoms with Gasteiger partial charge < -0.3 is 9.47 Å². The minimum Gasteiger partial charge on any atom is -0.493 e. The van der Waals surface area contributed by atoms with Gasteiger partial charge in [-0.05, 0) is 99.5 Å². The van der Waals surface area contributed by atoms with Gasteiger partial charge in [-0.2, -0.15) is 4.39 Å². The van der Waals surface area contributed by atoms with Gasteiger partial charge in [0.15, 0.2) is 23.2 Å². The van der Waals surface area contributed by atoms with Crippen LogP contribution in [0, 0.1) is 41.9 Å². The van der Waals surface area contributed by atoms with Gasteiger partial charge in [-0.3, -0.25) is 0 Å². The molecule has 3 aromatic rings. The third-order valence-electron chi connectivity index (χ3n) is 8.49. The molecular formula is C35H41F5O2. The highest BCUT2D eigenvalue weighted by Crippen LogP contribution is 2.41. The molecule has 7 heteroatoms. The van der Waals surface area contributed by atoms with E-state index in [1.165, 1.54) is 24.3 Å². The zero-order valence-electron chi connectivity index (χ0n) is 24.8. The second-order valence-corrected chi connectivity index (χ2v) is 11.4. The lowest BCUT2D eigenvalue weighted by molar-refractivity contribution is 0.289. The van der Waals surface area contributed by atoms with Crippen molar-refractivity contribution >= 4 is 0 Å². The molecule has 3 aromatic carbocycles. The second kappa shape index (κ2) is 14.9. The Morgan fingerprint density at radius 3 is 1.86 bits per heavy atom. The van der Waals surface area contributed by atoms with E-state index in [0.717, 1.165) is 38.5 Å². The van der Waals surface area contributed by atoms with Crippen LogP contribution in [0.5, 0.6) is 11.5 Å². The van der Waals surface area contributed by atoms with Crippen LogP contribution in [0.3, 0.4) is 0 Å². The summed E-state index contributed by atoms with van der Waals surface area (Å²) < 4.78 is 85.8. The summed E-state index contributed by atoms with van der Waals surface area (Å²) in [6.45, 7) is 6.59. The van der Waals surface area contributed by atoms with Gasteiger partial charge in [-0.25, -0.2) is 17.6 Å². The summed E-state index contributed by atoms with van der Waals surface area (Å²) in [5.41, 5.74) is 0.804. The number of rotatable bonds is 13. The second-order valence-electron chi connectivity index (χ2n) is 11.4. The lowest BCUT2D eigenvalue weighted by Gasteiger charge is -2.29. The van der Waals surface area contributed by atoms with Crippen molar-refractivity contribution in [2.24, 2.45) is 5.92 Å². The Morgan fingerprint density at radius 2 is 1.21 bits per heavy atom. The summed E-state index contributed by atoms with van der Waals surface area (Å²) in [5.74, 6) is -4.35. The average molecular weight is 589 g/mol. The minimum absolute atomic E-state index is 0.167. The van der Waals surface area contributed by atoms with Crippen molar-refractivity contribution in [2.45, 2.75) is 90.9 Å². The van der Waals surface area contributed by atoms with Gasteiger partial charge in [0, 0.05) is 16.7 Å². The van der Waals surface area contributed by atoms with Crippen LogP contribution in [0.25, 0.3) is 11.1 Å². The van der Waals surface area contributed by atoms with Crippen molar-refractivity contribution in [3.63, 3.8) is 0 Å². The predicted molar refractivity (Wildman–Crippen MR) is 157 cm³/mol. The number of unbranched alkanes of at least 4 members (excludes halogenated alkanes) is 2.